The van der Waals surface area contributed by atoms with Gasteiger partial charge in [0.2, 0.25) is 23.6 Å². The Labute approximate surface area is 283 Å². The monoisotopic (exact) mass is 690 g/mol. The van der Waals surface area contributed by atoms with E-state index in [0.717, 1.165) is 57.8 Å². The molecule has 0 aromatic heterocycles. The Hall–Kier alpha value is -3.34. The Bertz CT molecular complexity index is 906. The lowest BCUT2D eigenvalue weighted by Crippen LogP contribution is -2.41. The summed E-state index contributed by atoms with van der Waals surface area (Å²) in [5.41, 5.74) is 0. The van der Waals surface area contributed by atoms with Crippen LogP contribution >= 0.6 is 0 Å². The molecule has 0 fully saturated rings. The van der Waals surface area contributed by atoms with E-state index < -0.39 is 18.0 Å². The maximum atomic E-state index is 12.2. The first kappa shape index (κ1) is 44.7. The predicted octanol–water partition coefficient (Wildman–Crippen LogP) is 1.15. The van der Waals surface area contributed by atoms with Crippen molar-refractivity contribution in [3.8, 4) is 0 Å². The highest BCUT2D eigenvalue weighted by Gasteiger charge is 2.20. The van der Waals surface area contributed by atoms with Gasteiger partial charge in [0.1, 0.15) is 19.3 Å². The Morgan fingerprint density at radius 3 is 1.48 bits per heavy atom. The first-order valence-electron chi connectivity index (χ1n) is 16.9. The lowest BCUT2D eigenvalue weighted by atomic mass is 10.0. The van der Waals surface area contributed by atoms with Crippen LogP contribution in [0.3, 0.4) is 0 Å². The molecule has 278 valence electrons. The zero-order chi connectivity index (χ0) is 35.7. The van der Waals surface area contributed by atoms with Crippen LogP contribution in [0, 0.1) is 0 Å². The van der Waals surface area contributed by atoms with Gasteiger partial charge in [0.25, 0.3) is 0 Å². The molecule has 1 atom stereocenters. The third kappa shape index (κ3) is 31.3. The van der Waals surface area contributed by atoms with E-state index in [9.17, 15) is 33.9 Å². The maximum absolute atomic E-state index is 12.2. The van der Waals surface area contributed by atoms with Crippen molar-refractivity contribution >= 4 is 35.6 Å². The van der Waals surface area contributed by atoms with Crippen molar-refractivity contribution in [3.05, 3.63) is 0 Å². The summed E-state index contributed by atoms with van der Waals surface area (Å²) in [6, 6.07) is -1.14. The minimum absolute atomic E-state index is 0.0281. The van der Waals surface area contributed by atoms with E-state index in [2.05, 4.69) is 21.3 Å². The minimum atomic E-state index is -1.19. The van der Waals surface area contributed by atoms with Crippen LogP contribution in [0.15, 0.2) is 0 Å². The average molecular weight is 691 g/mol. The molecule has 0 bridgehead atoms. The number of nitrogens with one attached hydrogen (secondary N) is 4. The number of ether oxygens (including phenoxy) is 4. The number of carboxylic acid groups (broad SMARTS) is 2. The Balaban J connectivity index is 3.69. The molecule has 0 spiro atoms. The number of aliphatic carboxylic acids is 2. The fraction of sp³-hybridized carbons (Fsp3) is 0.812. The molecule has 0 saturated carbocycles. The standard InChI is InChI=1S/C32H58N4O12/c1-33-29(39)24-47-22-20-46-19-17-35-30(40)25-48-23-21-45-18-16-34-27(37)15-14-26(32(43)44)36-28(38)12-10-8-6-4-2-3-5-7-9-11-13-31(41)42/h26H,2-25H2,1H3,(H,33,39)(H,34,37)(H,35,40)(H,36,38)(H,41,42)(H,43,44)/t26-/m0/s1. The first-order valence-corrected chi connectivity index (χ1v) is 16.9. The van der Waals surface area contributed by atoms with Gasteiger partial charge in [-0.3, -0.25) is 24.0 Å². The number of likely N-dealkylation sites (N-methyl/N-ethyl adjacent to an activating group) is 1. The van der Waals surface area contributed by atoms with Gasteiger partial charge in [0, 0.05) is 39.4 Å². The van der Waals surface area contributed by atoms with E-state index in [1.165, 1.54) is 7.05 Å². The van der Waals surface area contributed by atoms with Gasteiger partial charge in [-0.25, -0.2) is 4.79 Å². The Kier molecular flexibility index (Phi) is 30.0. The Morgan fingerprint density at radius 1 is 0.521 bits per heavy atom. The summed E-state index contributed by atoms with van der Waals surface area (Å²) in [5, 5.41) is 28.3. The van der Waals surface area contributed by atoms with Gasteiger partial charge in [0.05, 0.1) is 39.6 Å². The van der Waals surface area contributed by atoms with Crippen LogP contribution in [-0.4, -0.2) is 125 Å². The van der Waals surface area contributed by atoms with E-state index in [4.69, 9.17) is 24.1 Å². The molecule has 6 N–H and O–H groups in total. The molecule has 0 aliphatic rings. The molecule has 48 heavy (non-hydrogen) atoms. The number of carboxylic acids is 2. The van der Waals surface area contributed by atoms with E-state index in [1.54, 1.807) is 0 Å². The highest BCUT2D eigenvalue weighted by atomic mass is 16.5. The molecule has 0 aromatic carbocycles. The minimum Gasteiger partial charge on any atom is -0.481 e. The van der Waals surface area contributed by atoms with Crippen molar-refractivity contribution < 1.29 is 57.9 Å². The zero-order valence-electron chi connectivity index (χ0n) is 28.5. The van der Waals surface area contributed by atoms with Gasteiger partial charge in [-0.05, 0) is 19.3 Å². The lowest BCUT2D eigenvalue weighted by molar-refractivity contribution is -0.142. The predicted molar refractivity (Wildman–Crippen MR) is 175 cm³/mol. The van der Waals surface area contributed by atoms with Crippen LogP contribution in [0.4, 0.5) is 0 Å². The van der Waals surface area contributed by atoms with Gasteiger partial charge in [0.15, 0.2) is 0 Å². The largest absolute Gasteiger partial charge is 0.481 e. The molecule has 4 amide bonds. The highest BCUT2D eigenvalue weighted by molar-refractivity contribution is 5.84. The number of carbonyl (C=O) groups is 6. The fourth-order valence-corrected chi connectivity index (χ4v) is 4.28. The summed E-state index contributed by atoms with van der Waals surface area (Å²) < 4.78 is 20.9. The second kappa shape index (κ2) is 32.2. The number of hydrogen-bond donors (Lipinski definition) is 6. The highest BCUT2D eigenvalue weighted by Crippen LogP contribution is 2.12. The summed E-state index contributed by atoms with van der Waals surface area (Å²) >= 11 is 0. The maximum Gasteiger partial charge on any atom is 0.326 e. The summed E-state index contributed by atoms with van der Waals surface area (Å²) in [6.45, 7) is 1.81. The van der Waals surface area contributed by atoms with Gasteiger partial charge in [-0.2, -0.15) is 0 Å². The van der Waals surface area contributed by atoms with Gasteiger partial charge in [-0.15, -0.1) is 0 Å². The van der Waals surface area contributed by atoms with Crippen LogP contribution in [0.5, 0.6) is 0 Å². The molecule has 0 heterocycles. The van der Waals surface area contributed by atoms with E-state index in [1.807, 2.05) is 0 Å². The van der Waals surface area contributed by atoms with Gasteiger partial charge >= 0.3 is 11.9 Å². The first-order chi connectivity index (χ1) is 23.1. The molecule has 0 unspecified atom stereocenters. The number of hydrogen-bond acceptors (Lipinski definition) is 10. The van der Waals surface area contributed by atoms with Crippen LogP contribution < -0.4 is 21.3 Å². The van der Waals surface area contributed by atoms with Crippen molar-refractivity contribution in [2.75, 3.05) is 73.0 Å². The molecule has 0 aliphatic carbocycles. The quantitative estimate of drug-likeness (QED) is 0.0523. The Morgan fingerprint density at radius 2 is 0.979 bits per heavy atom. The normalized spacial score (nSPS) is 11.4. The van der Waals surface area contributed by atoms with Crippen LogP contribution in [0.2, 0.25) is 0 Å². The number of amides is 4. The third-order valence-electron chi connectivity index (χ3n) is 6.96. The van der Waals surface area contributed by atoms with E-state index >= 15 is 0 Å². The second-order valence-electron chi connectivity index (χ2n) is 11.1. The average Bonchev–Trinajstić information content (AvgIpc) is 3.05. The zero-order valence-corrected chi connectivity index (χ0v) is 28.5. The fourth-order valence-electron chi connectivity index (χ4n) is 4.28. The lowest BCUT2D eigenvalue weighted by Gasteiger charge is -2.14. The summed E-state index contributed by atoms with van der Waals surface area (Å²) in [5.74, 6) is -3.16. The van der Waals surface area contributed by atoms with Crippen LogP contribution in [0.25, 0.3) is 0 Å². The van der Waals surface area contributed by atoms with Crippen molar-refractivity contribution in [1.29, 1.82) is 0 Å². The molecule has 0 aromatic rings. The molecule has 16 heteroatoms. The van der Waals surface area contributed by atoms with Gasteiger partial charge < -0.3 is 50.4 Å². The number of unbranched alkanes of at least 4 members (excludes halogenated alkanes) is 9. The van der Waals surface area contributed by atoms with Gasteiger partial charge in [-0.1, -0.05) is 51.4 Å². The van der Waals surface area contributed by atoms with Crippen molar-refractivity contribution in [2.45, 2.75) is 95.9 Å². The molecule has 0 aliphatic heterocycles. The van der Waals surface area contributed by atoms with Crippen molar-refractivity contribution in [2.24, 2.45) is 0 Å². The smallest absolute Gasteiger partial charge is 0.326 e. The molecular weight excluding hydrogens is 632 g/mol. The SMILES string of the molecule is CNC(=O)COCCOCCNC(=O)COCCOCCNC(=O)CC[C@H](NC(=O)CCCCCCCCCCCCC(=O)O)C(=O)O. The molecule has 0 radical (unpaired) electrons. The topological polar surface area (TPSA) is 228 Å². The summed E-state index contributed by atoms with van der Waals surface area (Å²) in [6.07, 6.45) is 10.1. The second-order valence-corrected chi connectivity index (χ2v) is 11.1. The van der Waals surface area contributed by atoms with E-state index in [-0.39, 0.29) is 95.5 Å². The van der Waals surface area contributed by atoms with Crippen molar-refractivity contribution in [3.63, 3.8) is 0 Å². The number of carbonyl (C=O) groups excluding carboxylic acids is 4. The molecule has 16 nitrogen and oxygen atoms in total. The van der Waals surface area contributed by atoms with Crippen LogP contribution in [-0.2, 0) is 47.7 Å². The molecule has 0 saturated heterocycles. The summed E-state index contributed by atoms with van der Waals surface area (Å²) in [4.78, 5) is 69.0. The molecular formula is C32H58N4O12. The third-order valence-corrected chi connectivity index (χ3v) is 6.96. The summed E-state index contributed by atoms with van der Waals surface area (Å²) in [7, 11) is 1.52. The van der Waals surface area contributed by atoms with E-state index in [0.29, 0.717) is 26.2 Å². The number of rotatable bonds is 34. The van der Waals surface area contributed by atoms with Crippen molar-refractivity contribution in [1.82, 2.24) is 21.3 Å². The molecule has 0 rings (SSSR count). The van der Waals surface area contributed by atoms with Crippen LogP contribution in [0.1, 0.15) is 89.9 Å².